The molecule has 1 aliphatic heterocycles. The van der Waals surface area contributed by atoms with Gasteiger partial charge in [0.1, 0.15) is 5.82 Å². The van der Waals surface area contributed by atoms with E-state index in [0.717, 1.165) is 22.4 Å². The van der Waals surface area contributed by atoms with Crippen molar-refractivity contribution in [3.8, 4) is 11.5 Å². The highest BCUT2D eigenvalue weighted by molar-refractivity contribution is 6.36. The second-order valence-corrected chi connectivity index (χ2v) is 8.23. The van der Waals surface area contributed by atoms with E-state index in [0.29, 0.717) is 40.2 Å². The van der Waals surface area contributed by atoms with Crippen LogP contribution in [0.2, 0.25) is 10.0 Å². The Bertz CT molecular complexity index is 1300. The van der Waals surface area contributed by atoms with E-state index in [2.05, 4.69) is 5.32 Å². The number of hydrogen-bond acceptors (Lipinski definition) is 4. The molecule has 4 aromatic rings. The molecule has 0 radical (unpaired) electrons. The Morgan fingerprint density at radius 1 is 1.00 bits per heavy atom. The third-order valence-electron chi connectivity index (χ3n) is 5.35. The van der Waals surface area contributed by atoms with Gasteiger partial charge in [-0.15, -0.1) is 0 Å². The van der Waals surface area contributed by atoms with Crippen molar-refractivity contribution in [3.63, 3.8) is 0 Å². The van der Waals surface area contributed by atoms with Crippen LogP contribution >= 0.6 is 23.2 Å². The Morgan fingerprint density at radius 2 is 1.78 bits per heavy atom. The van der Waals surface area contributed by atoms with Crippen molar-refractivity contribution in [2.24, 2.45) is 0 Å². The minimum absolute atomic E-state index is 0.108. The van der Waals surface area contributed by atoms with Gasteiger partial charge in [-0.2, -0.15) is 0 Å². The van der Waals surface area contributed by atoms with E-state index in [1.165, 1.54) is 0 Å². The number of hydrogen-bond donors (Lipinski definition) is 1. The molecule has 32 heavy (non-hydrogen) atoms. The first-order chi connectivity index (χ1) is 15.6. The summed E-state index contributed by atoms with van der Waals surface area (Å²) < 4.78 is 12.7. The fraction of sp³-hybridized carbons (Fsp3) is 0.167. The quantitative estimate of drug-likeness (QED) is 0.395. The standard InChI is InChI=1S/C24H19Cl2N3O3/c25-17-4-3-5-18(26)16(17)13-23-28-19-6-1-2-7-20(19)29(23)11-10-24(30)27-15-8-9-21-22(12-15)32-14-31-21/h1-9,12H,10-11,13-14H2,(H,27,30). The second-order valence-electron chi connectivity index (χ2n) is 7.41. The van der Waals surface area contributed by atoms with Gasteiger partial charge >= 0.3 is 0 Å². The Kier molecular flexibility index (Phi) is 5.64. The molecule has 3 aromatic carbocycles. The van der Waals surface area contributed by atoms with Crippen molar-refractivity contribution in [2.45, 2.75) is 19.4 Å². The fourth-order valence-electron chi connectivity index (χ4n) is 3.78. The maximum Gasteiger partial charge on any atom is 0.231 e. The maximum absolute atomic E-state index is 12.7. The summed E-state index contributed by atoms with van der Waals surface area (Å²) in [5, 5.41) is 4.11. The molecule has 162 valence electrons. The number of halogens is 2. The molecule has 1 aliphatic rings. The van der Waals surface area contributed by atoms with Crippen LogP contribution in [0.1, 0.15) is 17.8 Å². The Hall–Kier alpha value is -3.22. The molecule has 0 fully saturated rings. The van der Waals surface area contributed by atoms with Crippen LogP contribution in [-0.4, -0.2) is 22.3 Å². The highest BCUT2D eigenvalue weighted by atomic mass is 35.5. The Labute approximate surface area is 194 Å². The first kappa shape index (κ1) is 20.7. The number of imidazole rings is 1. The van der Waals surface area contributed by atoms with Gasteiger partial charge in [-0.3, -0.25) is 4.79 Å². The van der Waals surface area contributed by atoms with Crippen molar-refractivity contribution in [2.75, 3.05) is 12.1 Å². The van der Waals surface area contributed by atoms with Crippen LogP contribution in [0.3, 0.4) is 0 Å². The lowest BCUT2D eigenvalue weighted by atomic mass is 10.1. The molecule has 2 heterocycles. The number of rotatable bonds is 6. The van der Waals surface area contributed by atoms with Gasteiger partial charge in [0.2, 0.25) is 12.7 Å². The Balaban J connectivity index is 1.36. The van der Waals surface area contributed by atoms with E-state index in [4.69, 9.17) is 37.7 Å². The van der Waals surface area contributed by atoms with Crippen molar-refractivity contribution in [3.05, 3.63) is 82.1 Å². The van der Waals surface area contributed by atoms with Gasteiger partial charge in [-0.1, -0.05) is 41.4 Å². The minimum atomic E-state index is -0.108. The summed E-state index contributed by atoms with van der Waals surface area (Å²) in [6.07, 6.45) is 0.745. The fourth-order valence-corrected chi connectivity index (χ4v) is 4.31. The Morgan fingerprint density at radius 3 is 2.62 bits per heavy atom. The second kappa shape index (κ2) is 8.73. The maximum atomic E-state index is 12.7. The molecule has 0 bridgehead atoms. The smallest absolute Gasteiger partial charge is 0.231 e. The number of amides is 1. The van der Waals surface area contributed by atoms with Gasteiger partial charge in [0.15, 0.2) is 11.5 Å². The first-order valence-electron chi connectivity index (χ1n) is 10.1. The van der Waals surface area contributed by atoms with Gasteiger partial charge in [-0.05, 0) is 42.0 Å². The summed E-state index contributed by atoms with van der Waals surface area (Å²) in [5.74, 6) is 2.00. The SMILES string of the molecule is O=C(CCn1c(Cc2c(Cl)cccc2Cl)nc2ccccc21)Nc1ccc2c(c1)OCO2. The zero-order valence-corrected chi connectivity index (χ0v) is 18.5. The number of ether oxygens (including phenoxy) is 2. The van der Waals surface area contributed by atoms with Gasteiger partial charge < -0.3 is 19.4 Å². The molecular formula is C24H19Cl2N3O3. The lowest BCUT2D eigenvalue weighted by molar-refractivity contribution is -0.116. The normalized spacial score (nSPS) is 12.3. The lowest BCUT2D eigenvalue weighted by Gasteiger charge is -2.12. The molecule has 5 rings (SSSR count). The molecule has 0 aliphatic carbocycles. The van der Waals surface area contributed by atoms with Crippen molar-refractivity contribution in [1.82, 2.24) is 9.55 Å². The molecular weight excluding hydrogens is 449 g/mol. The lowest BCUT2D eigenvalue weighted by Crippen LogP contribution is -2.15. The number of nitrogens with zero attached hydrogens (tertiary/aromatic N) is 2. The number of para-hydroxylation sites is 2. The van der Waals surface area contributed by atoms with E-state index in [9.17, 15) is 4.79 Å². The van der Waals surface area contributed by atoms with Gasteiger partial charge in [0.05, 0.1) is 11.0 Å². The summed E-state index contributed by atoms with van der Waals surface area (Å²) in [6.45, 7) is 0.660. The van der Waals surface area contributed by atoms with E-state index < -0.39 is 0 Å². The van der Waals surface area contributed by atoms with Crippen LogP contribution < -0.4 is 14.8 Å². The van der Waals surface area contributed by atoms with E-state index >= 15 is 0 Å². The van der Waals surface area contributed by atoms with Crippen LogP contribution in [0.4, 0.5) is 5.69 Å². The molecule has 0 spiro atoms. The molecule has 6 nitrogen and oxygen atoms in total. The highest BCUT2D eigenvalue weighted by Crippen LogP contribution is 2.34. The number of aromatic nitrogens is 2. The summed E-state index contributed by atoms with van der Waals surface area (Å²) >= 11 is 12.8. The molecule has 1 amide bonds. The monoisotopic (exact) mass is 467 g/mol. The summed E-state index contributed by atoms with van der Waals surface area (Å²) in [5.41, 5.74) is 3.30. The van der Waals surface area contributed by atoms with Crippen molar-refractivity contribution >= 4 is 45.8 Å². The number of benzene rings is 3. The predicted octanol–water partition coefficient (Wildman–Crippen LogP) is 5.69. The number of aryl methyl sites for hydroxylation is 1. The molecule has 0 atom stereocenters. The zero-order valence-electron chi connectivity index (χ0n) is 17.0. The zero-order chi connectivity index (χ0) is 22.1. The van der Waals surface area contributed by atoms with Crippen LogP contribution in [0.25, 0.3) is 11.0 Å². The predicted molar refractivity (Wildman–Crippen MR) is 125 cm³/mol. The van der Waals surface area contributed by atoms with Gasteiger partial charge in [-0.25, -0.2) is 4.98 Å². The van der Waals surface area contributed by atoms with Gasteiger partial charge in [0.25, 0.3) is 0 Å². The third-order valence-corrected chi connectivity index (χ3v) is 6.06. The summed E-state index contributed by atoms with van der Waals surface area (Å²) in [4.78, 5) is 17.4. The van der Waals surface area contributed by atoms with Crippen molar-refractivity contribution < 1.29 is 14.3 Å². The van der Waals surface area contributed by atoms with E-state index in [-0.39, 0.29) is 19.1 Å². The number of fused-ring (bicyclic) bond motifs is 2. The molecule has 8 heteroatoms. The van der Waals surface area contributed by atoms with E-state index in [1.807, 2.05) is 47.0 Å². The number of carbonyl (C=O) groups is 1. The topological polar surface area (TPSA) is 65.4 Å². The third kappa shape index (κ3) is 4.11. The molecule has 1 aromatic heterocycles. The van der Waals surface area contributed by atoms with Crippen LogP contribution in [0.15, 0.2) is 60.7 Å². The van der Waals surface area contributed by atoms with Crippen molar-refractivity contribution in [1.29, 1.82) is 0 Å². The molecule has 0 saturated heterocycles. The largest absolute Gasteiger partial charge is 0.454 e. The molecule has 1 N–H and O–H groups in total. The van der Waals surface area contributed by atoms with Crippen LogP contribution in [0, 0.1) is 0 Å². The van der Waals surface area contributed by atoms with Crippen LogP contribution in [-0.2, 0) is 17.8 Å². The summed E-state index contributed by atoms with van der Waals surface area (Å²) in [7, 11) is 0. The average Bonchev–Trinajstić information content (AvgIpc) is 3.38. The average molecular weight is 468 g/mol. The minimum Gasteiger partial charge on any atom is -0.454 e. The number of anilines is 1. The van der Waals surface area contributed by atoms with E-state index in [1.54, 1.807) is 18.2 Å². The number of nitrogens with one attached hydrogen (secondary N) is 1. The molecule has 0 unspecified atom stereocenters. The molecule has 0 saturated carbocycles. The summed E-state index contributed by atoms with van der Waals surface area (Å²) in [6, 6.07) is 18.6. The van der Waals surface area contributed by atoms with Gasteiger partial charge in [0, 0.05) is 41.2 Å². The highest BCUT2D eigenvalue weighted by Gasteiger charge is 2.17. The van der Waals surface area contributed by atoms with Crippen LogP contribution in [0.5, 0.6) is 11.5 Å². The number of carbonyl (C=O) groups excluding carboxylic acids is 1. The first-order valence-corrected chi connectivity index (χ1v) is 10.9.